The summed E-state index contributed by atoms with van der Waals surface area (Å²) in [5.41, 5.74) is 2.83. The number of benzene rings is 2. The summed E-state index contributed by atoms with van der Waals surface area (Å²) in [6.07, 6.45) is 0.867. The fraction of sp³-hybridized carbons (Fsp3) is 0.364. The molecule has 0 aliphatic rings. The van der Waals surface area contributed by atoms with Gasteiger partial charge in [-0.15, -0.1) is 0 Å². The molecule has 2 aromatic rings. The van der Waals surface area contributed by atoms with Gasteiger partial charge in [-0.25, -0.2) is 0 Å². The number of para-hydroxylation sites is 1. The molecule has 0 aliphatic heterocycles. The Hall–Kier alpha value is -2.37. The highest BCUT2D eigenvalue weighted by Crippen LogP contribution is 2.13. The Labute approximate surface area is 172 Å². The Morgan fingerprint density at radius 3 is 2.36 bits per heavy atom. The summed E-state index contributed by atoms with van der Waals surface area (Å²) < 4.78 is 0. The molecule has 2 amide bonds. The zero-order valence-corrected chi connectivity index (χ0v) is 17.5. The SMILES string of the molecule is CCCN(CC(=O)Nc1ccccc1C)CC(=O)N(C)Cc1ccc(Cl)cc1. The summed E-state index contributed by atoms with van der Waals surface area (Å²) in [5.74, 6) is -0.136. The number of amides is 2. The number of rotatable bonds is 9. The fourth-order valence-corrected chi connectivity index (χ4v) is 3.03. The molecule has 0 radical (unpaired) electrons. The first-order valence-electron chi connectivity index (χ1n) is 9.45. The lowest BCUT2D eigenvalue weighted by atomic mass is 10.2. The number of hydrogen-bond donors (Lipinski definition) is 1. The van der Waals surface area contributed by atoms with Gasteiger partial charge in [0.2, 0.25) is 11.8 Å². The number of nitrogens with one attached hydrogen (secondary N) is 1. The molecule has 0 heterocycles. The zero-order chi connectivity index (χ0) is 20.5. The molecule has 0 atom stereocenters. The largest absolute Gasteiger partial charge is 0.340 e. The van der Waals surface area contributed by atoms with Crippen LogP contribution in [0.2, 0.25) is 5.02 Å². The van der Waals surface area contributed by atoms with E-state index in [1.165, 1.54) is 0 Å². The highest BCUT2D eigenvalue weighted by atomic mass is 35.5. The van der Waals surface area contributed by atoms with E-state index in [-0.39, 0.29) is 24.9 Å². The molecule has 28 heavy (non-hydrogen) atoms. The van der Waals surface area contributed by atoms with Gasteiger partial charge in [-0.05, 0) is 49.2 Å². The second-order valence-corrected chi connectivity index (χ2v) is 7.39. The van der Waals surface area contributed by atoms with Gasteiger partial charge in [0.05, 0.1) is 13.1 Å². The lowest BCUT2D eigenvalue weighted by Gasteiger charge is -2.24. The van der Waals surface area contributed by atoms with Crippen LogP contribution in [-0.2, 0) is 16.1 Å². The second kappa shape index (κ2) is 10.8. The minimum Gasteiger partial charge on any atom is -0.340 e. The number of nitrogens with zero attached hydrogens (tertiary/aromatic N) is 2. The summed E-state index contributed by atoms with van der Waals surface area (Å²) >= 11 is 5.91. The zero-order valence-electron chi connectivity index (χ0n) is 16.7. The van der Waals surface area contributed by atoms with Crippen LogP contribution in [0.25, 0.3) is 0 Å². The molecule has 2 rings (SSSR count). The quantitative estimate of drug-likeness (QED) is 0.692. The van der Waals surface area contributed by atoms with Crippen LogP contribution in [0, 0.1) is 6.92 Å². The predicted molar refractivity (Wildman–Crippen MR) is 114 cm³/mol. The molecule has 150 valence electrons. The normalized spacial score (nSPS) is 10.8. The van der Waals surface area contributed by atoms with Gasteiger partial charge in [0, 0.05) is 24.3 Å². The summed E-state index contributed by atoms with van der Waals surface area (Å²) in [5, 5.41) is 3.60. The van der Waals surface area contributed by atoms with Crippen molar-refractivity contribution in [3.63, 3.8) is 0 Å². The highest BCUT2D eigenvalue weighted by molar-refractivity contribution is 6.30. The Balaban J connectivity index is 1.91. The molecule has 6 heteroatoms. The van der Waals surface area contributed by atoms with Gasteiger partial charge < -0.3 is 10.2 Å². The van der Waals surface area contributed by atoms with E-state index in [1.807, 2.05) is 67.3 Å². The third-order valence-corrected chi connectivity index (χ3v) is 4.70. The number of carbonyl (C=O) groups is 2. The average Bonchev–Trinajstić information content (AvgIpc) is 2.65. The minimum atomic E-state index is -0.115. The number of halogens is 1. The molecule has 5 nitrogen and oxygen atoms in total. The summed E-state index contributed by atoms with van der Waals surface area (Å²) in [6.45, 7) is 5.57. The Morgan fingerprint density at radius 1 is 1.04 bits per heavy atom. The molecule has 0 saturated heterocycles. The van der Waals surface area contributed by atoms with Crippen LogP contribution in [0.1, 0.15) is 24.5 Å². The molecule has 0 bridgehead atoms. The molecule has 0 unspecified atom stereocenters. The van der Waals surface area contributed by atoms with Crippen LogP contribution in [-0.4, -0.2) is 48.3 Å². The standard InChI is InChI=1S/C22H28ClN3O2/c1-4-13-26(15-21(27)24-20-8-6-5-7-17(20)2)16-22(28)25(3)14-18-9-11-19(23)12-10-18/h5-12H,4,13-16H2,1-3H3,(H,24,27). The molecule has 0 saturated carbocycles. The van der Waals surface area contributed by atoms with Gasteiger partial charge in [0.1, 0.15) is 0 Å². The Morgan fingerprint density at radius 2 is 1.71 bits per heavy atom. The molecule has 0 aliphatic carbocycles. The molecule has 2 aromatic carbocycles. The van der Waals surface area contributed by atoms with Crippen LogP contribution in [0.5, 0.6) is 0 Å². The van der Waals surface area contributed by atoms with Crippen molar-refractivity contribution < 1.29 is 9.59 Å². The van der Waals surface area contributed by atoms with E-state index in [4.69, 9.17) is 11.6 Å². The third kappa shape index (κ3) is 6.98. The second-order valence-electron chi connectivity index (χ2n) is 6.95. The summed E-state index contributed by atoms with van der Waals surface area (Å²) in [7, 11) is 1.77. The molecular weight excluding hydrogens is 374 g/mol. The topological polar surface area (TPSA) is 52.7 Å². The minimum absolute atomic E-state index is 0.0212. The van der Waals surface area contributed by atoms with Crippen LogP contribution >= 0.6 is 11.6 Å². The van der Waals surface area contributed by atoms with Crippen LogP contribution in [0.4, 0.5) is 5.69 Å². The van der Waals surface area contributed by atoms with Crippen molar-refractivity contribution in [2.24, 2.45) is 0 Å². The molecule has 0 fully saturated rings. The first kappa shape index (κ1) is 21.9. The van der Waals surface area contributed by atoms with E-state index >= 15 is 0 Å². The van der Waals surface area contributed by atoms with E-state index in [0.717, 1.165) is 23.2 Å². The van der Waals surface area contributed by atoms with Gasteiger partial charge in [0.15, 0.2) is 0 Å². The van der Waals surface area contributed by atoms with Crippen molar-refractivity contribution >= 4 is 29.1 Å². The first-order valence-corrected chi connectivity index (χ1v) is 9.83. The number of hydrogen-bond acceptors (Lipinski definition) is 3. The number of likely N-dealkylation sites (N-methyl/N-ethyl adjacent to an activating group) is 1. The van der Waals surface area contributed by atoms with Gasteiger partial charge in [-0.3, -0.25) is 14.5 Å². The van der Waals surface area contributed by atoms with E-state index in [0.29, 0.717) is 18.1 Å². The Bertz CT molecular complexity index is 793. The van der Waals surface area contributed by atoms with Gasteiger partial charge in [-0.1, -0.05) is 48.9 Å². The van der Waals surface area contributed by atoms with Gasteiger partial charge in [0.25, 0.3) is 0 Å². The van der Waals surface area contributed by atoms with E-state index in [1.54, 1.807) is 11.9 Å². The number of carbonyl (C=O) groups excluding carboxylic acids is 2. The molecular formula is C22H28ClN3O2. The van der Waals surface area contributed by atoms with Crippen LogP contribution in [0.15, 0.2) is 48.5 Å². The maximum atomic E-state index is 12.6. The van der Waals surface area contributed by atoms with Gasteiger partial charge >= 0.3 is 0 Å². The highest BCUT2D eigenvalue weighted by Gasteiger charge is 2.17. The monoisotopic (exact) mass is 401 g/mol. The molecule has 1 N–H and O–H groups in total. The van der Waals surface area contributed by atoms with Crippen molar-refractivity contribution in [2.75, 3.05) is 32.0 Å². The lowest BCUT2D eigenvalue weighted by Crippen LogP contribution is -2.42. The maximum Gasteiger partial charge on any atom is 0.238 e. The Kier molecular flexibility index (Phi) is 8.48. The third-order valence-electron chi connectivity index (χ3n) is 4.44. The predicted octanol–water partition coefficient (Wildman–Crippen LogP) is 3.96. The van der Waals surface area contributed by atoms with Crippen molar-refractivity contribution in [3.05, 3.63) is 64.7 Å². The number of aryl methyl sites for hydroxylation is 1. The fourth-order valence-electron chi connectivity index (χ4n) is 2.90. The smallest absolute Gasteiger partial charge is 0.238 e. The van der Waals surface area contributed by atoms with Crippen molar-refractivity contribution in [3.8, 4) is 0 Å². The number of anilines is 1. The summed E-state index contributed by atoms with van der Waals surface area (Å²) in [4.78, 5) is 28.6. The van der Waals surface area contributed by atoms with Crippen molar-refractivity contribution in [2.45, 2.75) is 26.8 Å². The van der Waals surface area contributed by atoms with E-state index in [2.05, 4.69) is 5.32 Å². The molecule has 0 spiro atoms. The van der Waals surface area contributed by atoms with Crippen molar-refractivity contribution in [1.82, 2.24) is 9.80 Å². The maximum absolute atomic E-state index is 12.6. The van der Waals surface area contributed by atoms with E-state index < -0.39 is 0 Å². The lowest BCUT2D eigenvalue weighted by molar-refractivity contribution is -0.132. The first-order chi connectivity index (χ1) is 13.4. The summed E-state index contributed by atoms with van der Waals surface area (Å²) in [6, 6.07) is 15.1. The van der Waals surface area contributed by atoms with E-state index in [9.17, 15) is 9.59 Å². The molecule has 0 aromatic heterocycles. The van der Waals surface area contributed by atoms with Crippen molar-refractivity contribution in [1.29, 1.82) is 0 Å². The van der Waals surface area contributed by atoms with Crippen LogP contribution in [0.3, 0.4) is 0 Å². The van der Waals surface area contributed by atoms with Crippen LogP contribution < -0.4 is 5.32 Å². The average molecular weight is 402 g/mol. The van der Waals surface area contributed by atoms with Gasteiger partial charge in [-0.2, -0.15) is 0 Å².